The highest BCUT2D eigenvalue weighted by atomic mass is 32.1. The van der Waals surface area contributed by atoms with Gasteiger partial charge in [-0.1, -0.05) is 23.4 Å². The molecule has 6 nitrogen and oxygen atoms in total. The minimum Gasteiger partial charge on any atom is -0.497 e. The molecule has 0 fully saturated rings. The lowest BCUT2D eigenvalue weighted by Crippen LogP contribution is -2.02. The van der Waals surface area contributed by atoms with E-state index >= 15 is 0 Å². The Balaban J connectivity index is 1.88. The molecule has 0 saturated heterocycles. The van der Waals surface area contributed by atoms with E-state index in [4.69, 9.17) is 9.47 Å². The zero-order valence-corrected chi connectivity index (χ0v) is 14.7. The van der Waals surface area contributed by atoms with Crippen LogP contribution in [0.3, 0.4) is 0 Å². The SMILES string of the molecule is CCOC(=O)c1sc2ccccc2c1N=NNc1ccc(OC)cc1. The molecule has 1 aromatic heterocycles. The molecule has 0 amide bonds. The normalized spacial score (nSPS) is 11.0. The van der Waals surface area contributed by atoms with Crippen LogP contribution < -0.4 is 10.2 Å². The first kappa shape index (κ1) is 16.9. The number of esters is 1. The largest absolute Gasteiger partial charge is 0.497 e. The second-order valence-corrected chi connectivity index (χ2v) is 6.09. The molecule has 1 heterocycles. The summed E-state index contributed by atoms with van der Waals surface area (Å²) in [6, 6.07) is 15.0. The lowest BCUT2D eigenvalue weighted by Gasteiger charge is -2.02. The molecule has 3 aromatic rings. The summed E-state index contributed by atoms with van der Waals surface area (Å²) in [5.41, 5.74) is 4.13. The number of fused-ring (bicyclic) bond motifs is 1. The first-order valence-corrected chi connectivity index (χ1v) is 8.54. The van der Waals surface area contributed by atoms with E-state index in [2.05, 4.69) is 15.8 Å². The molecular weight excluding hydrogens is 338 g/mol. The van der Waals surface area contributed by atoms with E-state index < -0.39 is 0 Å². The van der Waals surface area contributed by atoms with Gasteiger partial charge in [-0.3, -0.25) is 5.43 Å². The molecule has 0 atom stereocenters. The maximum atomic E-state index is 12.2. The molecule has 0 saturated carbocycles. The van der Waals surface area contributed by atoms with Crippen LogP contribution in [0.2, 0.25) is 0 Å². The Morgan fingerprint density at radius 2 is 1.92 bits per heavy atom. The van der Waals surface area contributed by atoms with E-state index in [-0.39, 0.29) is 5.97 Å². The molecule has 0 bridgehead atoms. The van der Waals surface area contributed by atoms with Gasteiger partial charge in [0.2, 0.25) is 0 Å². The number of carbonyl (C=O) groups excluding carboxylic acids is 1. The molecule has 2 aromatic carbocycles. The van der Waals surface area contributed by atoms with Gasteiger partial charge < -0.3 is 9.47 Å². The van der Waals surface area contributed by atoms with Crippen LogP contribution in [0.4, 0.5) is 11.4 Å². The Morgan fingerprint density at radius 3 is 2.64 bits per heavy atom. The fourth-order valence-electron chi connectivity index (χ4n) is 2.26. The van der Waals surface area contributed by atoms with Crippen molar-refractivity contribution >= 4 is 38.8 Å². The average Bonchev–Trinajstić information content (AvgIpc) is 3.01. The third kappa shape index (κ3) is 3.77. The van der Waals surface area contributed by atoms with Gasteiger partial charge in [0.05, 0.1) is 19.4 Å². The maximum absolute atomic E-state index is 12.2. The molecule has 0 aliphatic carbocycles. The molecule has 1 N–H and O–H groups in total. The van der Waals surface area contributed by atoms with Crippen molar-refractivity contribution in [2.24, 2.45) is 10.3 Å². The van der Waals surface area contributed by atoms with Gasteiger partial charge in [-0.05, 0) is 37.3 Å². The molecule has 7 heteroatoms. The first-order valence-electron chi connectivity index (χ1n) is 7.72. The predicted octanol–water partition coefficient (Wildman–Crippen LogP) is 5.20. The summed E-state index contributed by atoms with van der Waals surface area (Å²) in [6.07, 6.45) is 0. The Morgan fingerprint density at radius 1 is 1.16 bits per heavy atom. The van der Waals surface area contributed by atoms with Crippen LogP contribution in [0.1, 0.15) is 16.6 Å². The number of hydrogen-bond acceptors (Lipinski definition) is 6. The van der Waals surface area contributed by atoms with Crippen LogP contribution >= 0.6 is 11.3 Å². The molecule has 3 rings (SSSR count). The molecule has 0 radical (unpaired) electrons. The lowest BCUT2D eigenvalue weighted by molar-refractivity contribution is 0.0533. The fourth-order valence-corrected chi connectivity index (χ4v) is 3.30. The van der Waals surface area contributed by atoms with Crippen LogP contribution in [-0.2, 0) is 4.74 Å². The molecule has 0 aliphatic rings. The van der Waals surface area contributed by atoms with Gasteiger partial charge in [0.25, 0.3) is 0 Å². The highest BCUT2D eigenvalue weighted by Crippen LogP contribution is 2.38. The number of hydrogen-bond donors (Lipinski definition) is 1. The zero-order chi connectivity index (χ0) is 17.6. The summed E-state index contributed by atoms with van der Waals surface area (Å²) in [7, 11) is 1.61. The molecule has 25 heavy (non-hydrogen) atoms. The number of anilines is 1. The minimum atomic E-state index is -0.387. The average molecular weight is 355 g/mol. The number of thiophene rings is 1. The van der Waals surface area contributed by atoms with Gasteiger partial charge in [-0.15, -0.1) is 16.5 Å². The van der Waals surface area contributed by atoms with Gasteiger partial charge in [0.15, 0.2) is 0 Å². The van der Waals surface area contributed by atoms with Gasteiger partial charge in [-0.2, -0.15) is 0 Å². The summed E-state index contributed by atoms with van der Waals surface area (Å²) in [4.78, 5) is 12.6. The number of ether oxygens (including phenoxy) is 2. The van der Waals surface area contributed by atoms with Crippen molar-refractivity contribution < 1.29 is 14.3 Å². The van der Waals surface area contributed by atoms with Crippen molar-refractivity contribution in [1.82, 2.24) is 0 Å². The van der Waals surface area contributed by atoms with E-state index in [1.54, 1.807) is 14.0 Å². The second kappa shape index (κ2) is 7.76. The summed E-state index contributed by atoms with van der Waals surface area (Å²) < 4.78 is 11.2. The van der Waals surface area contributed by atoms with E-state index in [9.17, 15) is 4.79 Å². The fraction of sp³-hybridized carbons (Fsp3) is 0.167. The summed E-state index contributed by atoms with van der Waals surface area (Å²) >= 11 is 1.35. The van der Waals surface area contributed by atoms with Crippen molar-refractivity contribution in [3.8, 4) is 5.75 Å². The Labute approximate surface area is 149 Å². The van der Waals surface area contributed by atoms with Crippen LogP contribution in [-0.4, -0.2) is 19.7 Å². The lowest BCUT2D eigenvalue weighted by atomic mass is 10.2. The molecule has 128 valence electrons. The van der Waals surface area contributed by atoms with Gasteiger partial charge in [0, 0.05) is 10.1 Å². The molecule has 0 aliphatic heterocycles. The first-order chi connectivity index (χ1) is 12.2. The molecular formula is C18H17N3O3S. The number of methoxy groups -OCH3 is 1. The number of benzene rings is 2. The third-order valence-electron chi connectivity index (χ3n) is 3.45. The number of rotatable bonds is 6. The standard InChI is InChI=1S/C18H17N3O3S/c1-3-24-18(22)17-16(14-6-4-5-7-15(14)25-17)20-21-19-12-8-10-13(23-2)11-9-12/h4-11H,3H2,1-2H3,(H,19,20). The second-order valence-electron chi connectivity index (χ2n) is 5.04. The smallest absolute Gasteiger partial charge is 0.350 e. The number of carbonyl (C=O) groups is 1. The van der Waals surface area contributed by atoms with Gasteiger partial charge in [0.1, 0.15) is 16.3 Å². The summed E-state index contributed by atoms with van der Waals surface area (Å²) in [6.45, 7) is 2.09. The molecule has 0 unspecified atom stereocenters. The van der Waals surface area contributed by atoms with Crippen LogP contribution in [0.25, 0.3) is 10.1 Å². The van der Waals surface area contributed by atoms with Crippen molar-refractivity contribution in [3.05, 3.63) is 53.4 Å². The Bertz CT molecular complexity index is 904. The quantitative estimate of drug-likeness (QED) is 0.375. The number of nitrogens with zero attached hydrogens (tertiary/aromatic N) is 2. The Hall–Kier alpha value is -2.93. The number of nitrogens with one attached hydrogen (secondary N) is 1. The van der Waals surface area contributed by atoms with Crippen LogP contribution in [0, 0.1) is 0 Å². The minimum absolute atomic E-state index is 0.313. The zero-order valence-electron chi connectivity index (χ0n) is 13.9. The van der Waals surface area contributed by atoms with Crippen LogP contribution in [0.15, 0.2) is 58.9 Å². The van der Waals surface area contributed by atoms with Gasteiger partial charge >= 0.3 is 5.97 Å². The van der Waals surface area contributed by atoms with Crippen molar-refractivity contribution in [3.63, 3.8) is 0 Å². The van der Waals surface area contributed by atoms with E-state index in [0.29, 0.717) is 17.2 Å². The van der Waals surface area contributed by atoms with Crippen molar-refractivity contribution in [2.75, 3.05) is 19.1 Å². The topological polar surface area (TPSA) is 72.3 Å². The molecule has 0 spiro atoms. The van der Waals surface area contributed by atoms with Gasteiger partial charge in [-0.25, -0.2) is 4.79 Å². The highest BCUT2D eigenvalue weighted by molar-refractivity contribution is 7.21. The third-order valence-corrected chi connectivity index (χ3v) is 4.59. The van der Waals surface area contributed by atoms with Crippen molar-refractivity contribution in [2.45, 2.75) is 6.92 Å². The summed E-state index contributed by atoms with van der Waals surface area (Å²) in [5, 5.41) is 9.12. The van der Waals surface area contributed by atoms with E-state index in [1.165, 1.54) is 11.3 Å². The maximum Gasteiger partial charge on any atom is 0.350 e. The monoisotopic (exact) mass is 355 g/mol. The van der Waals surface area contributed by atoms with Crippen LogP contribution in [0.5, 0.6) is 5.75 Å². The summed E-state index contributed by atoms with van der Waals surface area (Å²) in [5.74, 6) is 0.373. The predicted molar refractivity (Wildman–Crippen MR) is 98.9 cm³/mol. The Kier molecular flexibility index (Phi) is 5.25. The van der Waals surface area contributed by atoms with E-state index in [1.807, 2.05) is 48.5 Å². The van der Waals surface area contributed by atoms with E-state index in [0.717, 1.165) is 21.5 Å². The van der Waals surface area contributed by atoms with Crippen molar-refractivity contribution in [1.29, 1.82) is 0 Å². The highest BCUT2D eigenvalue weighted by Gasteiger charge is 2.19.